The second-order valence-corrected chi connectivity index (χ2v) is 8.31. The lowest BCUT2D eigenvalue weighted by Gasteiger charge is -2.24. The number of hydrogen-bond acceptors (Lipinski definition) is 4. The topological polar surface area (TPSA) is 61.9 Å². The van der Waals surface area contributed by atoms with Crippen LogP contribution in [0.4, 0.5) is 10.1 Å². The van der Waals surface area contributed by atoms with E-state index in [4.69, 9.17) is 17.0 Å². The zero-order valence-electron chi connectivity index (χ0n) is 18.6. The predicted molar refractivity (Wildman–Crippen MR) is 132 cm³/mol. The predicted octanol–water partition coefficient (Wildman–Crippen LogP) is 4.36. The molecule has 1 saturated heterocycles. The molecule has 0 saturated carbocycles. The first-order chi connectivity index (χ1) is 16.4. The highest BCUT2D eigenvalue weighted by atomic mass is 32.1. The molecule has 0 aliphatic carbocycles. The number of halogens is 1. The highest BCUT2D eigenvalue weighted by molar-refractivity contribution is 7.80. The molecule has 4 rings (SSSR count). The second kappa shape index (κ2) is 10.4. The summed E-state index contributed by atoms with van der Waals surface area (Å²) in [5, 5.41) is 3.17. The number of rotatable bonds is 8. The van der Waals surface area contributed by atoms with Gasteiger partial charge in [-0.3, -0.25) is 14.5 Å². The summed E-state index contributed by atoms with van der Waals surface area (Å²) in [6.45, 7) is 0.603. The largest absolute Gasteiger partial charge is 0.497 e. The molecule has 34 heavy (non-hydrogen) atoms. The summed E-state index contributed by atoms with van der Waals surface area (Å²) in [5.41, 5.74) is 2.33. The molecule has 1 heterocycles. The van der Waals surface area contributed by atoms with Gasteiger partial charge in [-0.2, -0.15) is 0 Å². The van der Waals surface area contributed by atoms with Crippen LogP contribution in [-0.2, 0) is 22.7 Å². The van der Waals surface area contributed by atoms with Crippen molar-refractivity contribution in [3.63, 3.8) is 0 Å². The number of amides is 2. The van der Waals surface area contributed by atoms with Crippen molar-refractivity contribution in [1.82, 2.24) is 9.80 Å². The maximum Gasteiger partial charge on any atom is 0.252 e. The van der Waals surface area contributed by atoms with Gasteiger partial charge in [-0.15, -0.1) is 0 Å². The fourth-order valence-corrected chi connectivity index (χ4v) is 4.18. The van der Waals surface area contributed by atoms with Crippen LogP contribution >= 0.6 is 12.2 Å². The SMILES string of the molecule is COc1ccc(NC(=O)C[C@@H]2C(=O)N(Cc3ccccc3)C(=S)N2Cc2ccc(F)cc2)cc1. The number of thiocarbonyl (C=S) groups is 1. The Morgan fingerprint density at radius 1 is 0.971 bits per heavy atom. The van der Waals surface area contributed by atoms with Crippen molar-refractivity contribution < 1.29 is 18.7 Å². The van der Waals surface area contributed by atoms with Crippen molar-refractivity contribution >= 4 is 34.8 Å². The van der Waals surface area contributed by atoms with Crippen LogP contribution in [0.2, 0.25) is 0 Å². The highest BCUT2D eigenvalue weighted by Crippen LogP contribution is 2.26. The number of methoxy groups -OCH3 is 1. The van der Waals surface area contributed by atoms with E-state index < -0.39 is 6.04 Å². The van der Waals surface area contributed by atoms with Gasteiger partial charge in [0.15, 0.2) is 5.11 Å². The quantitative estimate of drug-likeness (QED) is 0.489. The van der Waals surface area contributed by atoms with Crippen molar-refractivity contribution in [2.45, 2.75) is 25.6 Å². The van der Waals surface area contributed by atoms with Crippen molar-refractivity contribution in [1.29, 1.82) is 0 Å². The van der Waals surface area contributed by atoms with E-state index in [1.165, 1.54) is 17.0 Å². The molecule has 8 heteroatoms. The van der Waals surface area contributed by atoms with Gasteiger partial charge >= 0.3 is 0 Å². The zero-order chi connectivity index (χ0) is 24.1. The number of anilines is 1. The van der Waals surface area contributed by atoms with E-state index in [-0.39, 0.29) is 30.6 Å². The summed E-state index contributed by atoms with van der Waals surface area (Å²) in [4.78, 5) is 29.5. The molecular formula is C26H24FN3O3S. The Morgan fingerprint density at radius 3 is 2.26 bits per heavy atom. The van der Waals surface area contributed by atoms with Crippen molar-refractivity contribution in [2.24, 2.45) is 0 Å². The number of nitrogens with zero attached hydrogens (tertiary/aromatic N) is 2. The lowest BCUT2D eigenvalue weighted by Crippen LogP contribution is -2.37. The van der Waals surface area contributed by atoms with Crippen molar-refractivity contribution in [3.05, 3.63) is 95.8 Å². The van der Waals surface area contributed by atoms with Gasteiger partial charge in [0, 0.05) is 12.2 Å². The van der Waals surface area contributed by atoms with Gasteiger partial charge < -0.3 is 15.0 Å². The summed E-state index contributed by atoms with van der Waals surface area (Å²) < 4.78 is 18.5. The average Bonchev–Trinajstić information content (AvgIpc) is 3.05. The third-order valence-corrected chi connectivity index (χ3v) is 6.06. The van der Waals surface area contributed by atoms with E-state index in [0.29, 0.717) is 23.1 Å². The van der Waals surface area contributed by atoms with Gasteiger partial charge in [0.1, 0.15) is 17.6 Å². The van der Waals surface area contributed by atoms with Crippen molar-refractivity contribution in [3.8, 4) is 5.75 Å². The molecule has 3 aromatic rings. The fourth-order valence-electron chi connectivity index (χ4n) is 3.83. The molecule has 0 bridgehead atoms. The van der Waals surface area contributed by atoms with Crippen LogP contribution in [0.3, 0.4) is 0 Å². The van der Waals surface area contributed by atoms with Gasteiger partial charge in [-0.1, -0.05) is 42.5 Å². The van der Waals surface area contributed by atoms with Gasteiger partial charge in [-0.05, 0) is 59.7 Å². The van der Waals surface area contributed by atoms with E-state index >= 15 is 0 Å². The Morgan fingerprint density at radius 2 is 1.62 bits per heavy atom. The normalized spacial score (nSPS) is 15.5. The Hall–Kier alpha value is -3.78. The molecule has 174 valence electrons. The van der Waals surface area contributed by atoms with E-state index in [0.717, 1.165) is 11.1 Å². The maximum atomic E-state index is 13.4. The summed E-state index contributed by atoms with van der Waals surface area (Å²) in [6.07, 6.45) is -0.0719. The molecule has 1 N–H and O–H groups in total. The molecule has 3 aromatic carbocycles. The molecule has 1 aliphatic heterocycles. The van der Waals surface area contributed by atoms with Crippen LogP contribution in [0.25, 0.3) is 0 Å². The third-order valence-electron chi connectivity index (χ3n) is 5.61. The Balaban J connectivity index is 1.53. The number of nitrogens with one attached hydrogen (secondary N) is 1. The summed E-state index contributed by atoms with van der Waals surface area (Å²) >= 11 is 5.66. The number of benzene rings is 3. The maximum absolute atomic E-state index is 13.4. The third kappa shape index (κ3) is 5.40. The summed E-state index contributed by atoms with van der Waals surface area (Å²) in [7, 11) is 1.57. The highest BCUT2D eigenvalue weighted by Gasteiger charge is 2.43. The van der Waals surface area contributed by atoms with E-state index in [2.05, 4.69) is 5.32 Å². The molecule has 2 amide bonds. The van der Waals surface area contributed by atoms with Crippen LogP contribution in [0.5, 0.6) is 5.75 Å². The molecule has 0 spiro atoms. The number of carbonyl (C=O) groups is 2. The van der Waals surface area contributed by atoms with Gasteiger partial charge in [0.05, 0.1) is 20.1 Å². The van der Waals surface area contributed by atoms with Crippen LogP contribution in [0, 0.1) is 5.82 Å². The van der Waals surface area contributed by atoms with Crippen LogP contribution in [-0.4, -0.2) is 39.9 Å². The minimum absolute atomic E-state index is 0.0719. The lowest BCUT2D eigenvalue weighted by atomic mass is 10.1. The average molecular weight is 478 g/mol. The molecule has 1 fully saturated rings. The van der Waals surface area contributed by atoms with Gasteiger partial charge in [0.25, 0.3) is 5.91 Å². The molecule has 6 nitrogen and oxygen atoms in total. The van der Waals surface area contributed by atoms with Crippen LogP contribution in [0.15, 0.2) is 78.9 Å². The van der Waals surface area contributed by atoms with E-state index in [1.54, 1.807) is 48.4 Å². The minimum atomic E-state index is -0.764. The fraction of sp³-hybridized carbons (Fsp3) is 0.192. The van der Waals surface area contributed by atoms with Gasteiger partial charge in [0.2, 0.25) is 5.91 Å². The lowest BCUT2D eigenvalue weighted by molar-refractivity contribution is -0.131. The molecule has 0 unspecified atom stereocenters. The number of hydrogen-bond donors (Lipinski definition) is 1. The Bertz CT molecular complexity index is 1170. The standard InChI is InChI=1S/C26H24FN3O3S/c1-33-22-13-11-21(12-14-22)28-24(31)15-23-25(32)30(17-18-5-3-2-4-6-18)26(34)29(23)16-19-7-9-20(27)10-8-19/h2-14,23H,15-17H2,1H3,(H,28,31)/t23-/m1/s1. The Kier molecular flexibility index (Phi) is 7.18. The van der Waals surface area contributed by atoms with Crippen molar-refractivity contribution in [2.75, 3.05) is 12.4 Å². The minimum Gasteiger partial charge on any atom is -0.497 e. The second-order valence-electron chi connectivity index (χ2n) is 7.94. The first-order valence-electron chi connectivity index (χ1n) is 10.8. The number of carbonyl (C=O) groups excluding carboxylic acids is 2. The van der Waals surface area contributed by atoms with E-state index in [1.807, 2.05) is 30.3 Å². The summed E-state index contributed by atoms with van der Waals surface area (Å²) in [6, 6.07) is 21.8. The van der Waals surface area contributed by atoms with Crippen LogP contribution in [0.1, 0.15) is 17.5 Å². The first-order valence-corrected chi connectivity index (χ1v) is 11.2. The van der Waals surface area contributed by atoms with Crippen LogP contribution < -0.4 is 10.1 Å². The molecule has 1 atom stereocenters. The summed E-state index contributed by atoms with van der Waals surface area (Å²) in [5.74, 6) is -0.209. The molecular weight excluding hydrogens is 453 g/mol. The molecule has 0 radical (unpaired) electrons. The Labute approximate surface area is 202 Å². The zero-order valence-corrected chi connectivity index (χ0v) is 19.4. The number of ether oxygens (including phenoxy) is 1. The molecule has 0 aromatic heterocycles. The monoisotopic (exact) mass is 477 g/mol. The smallest absolute Gasteiger partial charge is 0.252 e. The van der Waals surface area contributed by atoms with Gasteiger partial charge in [-0.25, -0.2) is 4.39 Å². The molecule has 1 aliphatic rings. The first kappa shape index (κ1) is 23.4. The van der Waals surface area contributed by atoms with E-state index in [9.17, 15) is 14.0 Å².